The average molecular weight is 307 g/mol. The maximum Gasteiger partial charge on any atom is 0.174 e. The van der Waals surface area contributed by atoms with Gasteiger partial charge in [0.25, 0.3) is 0 Å². The fraction of sp³-hybridized carbons (Fsp3) is 0.429. The lowest BCUT2D eigenvalue weighted by Gasteiger charge is -2.30. The van der Waals surface area contributed by atoms with E-state index in [9.17, 15) is 0 Å². The van der Waals surface area contributed by atoms with Crippen molar-refractivity contribution in [2.75, 3.05) is 7.11 Å². The Morgan fingerprint density at radius 1 is 1.40 bits per heavy atom. The SMILES string of the molecule is COc1ccc2c(c1)C(N)C(Sc1nnc(C)s1)CC2. The van der Waals surface area contributed by atoms with E-state index < -0.39 is 0 Å². The summed E-state index contributed by atoms with van der Waals surface area (Å²) >= 11 is 3.38. The van der Waals surface area contributed by atoms with Crippen LogP contribution in [0.1, 0.15) is 28.6 Å². The molecule has 0 radical (unpaired) electrons. The molecule has 1 aliphatic rings. The fourth-order valence-electron chi connectivity index (χ4n) is 2.50. The largest absolute Gasteiger partial charge is 0.497 e. The Morgan fingerprint density at radius 2 is 2.25 bits per heavy atom. The molecule has 0 aliphatic heterocycles. The molecule has 2 N–H and O–H groups in total. The fourth-order valence-corrected chi connectivity index (χ4v) is 4.72. The van der Waals surface area contributed by atoms with Crippen LogP contribution in [0.25, 0.3) is 0 Å². The topological polar surface area (TPSA) is 61.0 Å². The molecule has 1 aliphatic carbocycles. The van der Waals surface area contributed by atoms with Gasteiger partial charge in [0.2, 0.25) is 0 Å². The summed E-state index contributed by atoms with van der Waals surface area (Å²) in [5.74, 6) is 0.872. The molecule has 2 unspecified atom stereocenters. The van der Waals surface area contributed by atoms with E-state index in [1.165, 1.54) is 11.1 Å². The second-order valence-electron chi connectivity index (χ2n) is 4.87. The number of methoxy groups -OCH3 is 1. The molecule has 106 valence electrons. The number of fused-ring (bicyclic) bond motifs is 1. The molecule has 4 nitrogen and oxygen atoms in total. The Labute approximate surface area is 126 Å². The van der Waals surface area contributed by atoms with Crippen molar-refractivity contribution in [2.24, 2.45) is 5.73 Å². The molecule has 2 atom stereocenters. The standard InChI is InChI=1S/C14H17N3OS2/c1-8-16-17-14(19-8)20-12-6-4-9-3-5-10(18-2)7-11(9)13(12)15/h3,5,7,12-13H,4,6,15H2,1-2H3. The lowest BCUT2D eigenvalue weighted by molar-refractivity contribution is 0.412. The summed E-state index contributed by atoms with van der Waals surface area (Å²) in [5.41, 5.74) is 8.99. The van der Waals surface area contributed by atoms with Crippen molar-refractivity contribution < 1.29 is 4.74 Å². The molecule has 1 aromatic heterocycles. The van der Waals surface area contributed by atoms with Crippen molar-refractivity contribution in [3.05, 3.63) is 34.3 Å². The average Bonchev–Trinajstić information content (AvgIpc) is 2.87. The monoisotopic (exact) mass is 307 g/mol. The number of rotatable bonds is 3. The number of ether oxygens (including phenoxy) is 1. The van der Waals surface area contributed by atoms with Gasteiger partial charge in [-0.05, 0) is 43.0 Å². The van der Waals surface area contributed by atoms with Crippen LogP contribution in [0, 0.1) is 6.92 Å². The highest BCUT2D eigenvalue weighted by Gasteiger charge is 2.28. The Hall–Kier alpha value is -1.11. The van der Waals surface area contributed by atoms with Gasteiger partial charge in [0, 0.05) is 11.3 Å². The van der Waals surface area contributed by atoms with Crippen LogP contribution in [0.5, 0.6) is 5.75 Å². The minimum atomic E-state index is 0.0167. The van der Waals surface area contributed by atoms with Crippen LogP contribution in [0.15, 0.2) is 22.5 Å². The van der Waals surface area contributed by atoms with Crippen LogP contribution in [0.4, 0.5) is 0 Å². The molecular formula is C14H17N3OS2. The summed E-state index contributed by atoms with van der Waals surface area (Å²) < 4.78 is 6.31. The van der Waals surface area contributed by atoms with Crippen LogP contribution in [0.3, 0.4) is 0 Å². The third kappa shape index (κ3) is 2.68. The summed E-state index contributed by atoms with van der Waals surface area (Å²) in [4.78, 5) is 0. The molecule has 3 rings (SSSR count). The number of benzene rings is 1. The molecule has 1 aromatic carbocycles. The maximum atomic E-state index is 6.45. The minimum Gasteiger partial charge on any atom is -0.497 e. The van der Waals surface area contributed by atoms with Crippen LogP contribution in [-0.2, 0) is 6.42 Å². The van der Waals surface area contributed by atoms with Crippen molar-refractivity contribution in [1.29, 1.82) is 0 Å². The second kappa shape index (κ2) is 5.71. The summed E-state index contributed by atoms with van der Waals surface area (Å²) in [7, 11) is 1.69. The number of nitrogens with zero attached hydrogens (tertiary/aromatic N) is 2. The van der Waals surface area contributed by atoms with E-state index in [1.54, 1.807) is 30.2 Å². The zero-order valence-electron chi connectivity index (χ0n) is 11.5. The van der Waals surface area contributed by atoms with Crippen molar-refractivity contribution in [3.63, 3.8) is 0 Å². The maximum absolute atomic E-state index is 6.45. The van der Waals surface area contributed by atoms with Crippen molar-refractivity contribution in [2.45, 2.75) is 35.4 Å². The molecular weight excluding hydrogens is 290 g/mol. The van der Waals surface area contributed by atoms with E-state index in [1.807, 2.05) is 13.0 Å². The highest BCUT2D eigenvalue weighted by atomic mass is 32.2. The first-order chi connectivity index (χ1) is 9.67. The molecule has 20 heavy (non-hydrogen) atoms. The highest BCUT2D eigenvalue weighted by Crippen LogP contribution is 2.40. The lowest BCUT2D eigenvalue weighted by Crippen LogP contribution is -2.29. The Balaban J connectivity index is 1.82. The number of thioether (sulfide) groups is 1. The van der Waals surface area contributed by atoms with Crippen molar-refractivity contribution in [1.82, 2.24) is 10.2 Å². The molecule has 1 heterocycles. The summed E-state index contributed by atoms with van der Waals surface area (Å²) in [5, 5.41) is 9.60. The smallest absolute Gasteiger partial charge is 0.174 e. The molecule has 0 amide bonds. The molecule has 0 bridgehead atoms. The van der Waals surface area contributed by atoms with Gasteiger partial charge in [-0.15, -0.1) is 10.2 Å². The van der Waals surface area contributed by atoms with Crippen molar-refractivity contribution >= 4 is 23.1 Å². The Kier molecular flexibility index (Phi) is 3.96. The highest BCUT2D eigenvalue weighted by molar-refractivity contribution is 8.01. The van der Waals surface area contributed by atoms with E-state index in [0.717, 1.165) is 27.9 Å². The first-order valence-corrected chi connectivity index (χ1v) is 8.26. The molecule has 0 spiro atoms. The second-order valence-corrected chi connectivity index (χ2v) is 7.54. The first kappa shape index (κ1) is 13.9. The first-order valence-electron chi connectivity index (χ1n) is 6.56. The molecule has 0 saturated heterocycles. The zero-order valence-corrected chi connectivity index (χ0v) is 13.1. The van der Waals surface area contributed by atoms with Gasteiger partial charge in [-0.25, -0.2) is 0 Å². The van der Waals surface area contributed by atoms with E-state index in [-0.39, 0.29) is 6.04 Å². The van der Waals surface area contributed by atoms with E-state index >= 15 is 0 Å². The van der Waals surface area contributed by atoms with E-state index in [0.29, 0.717) is 5.25 Å². The van der Waals surface area contributed by atoms with Gasteiger partial charge in [-0.2, -0.15) is 0 Å². The Bertz CT molecular complexity index is 614. The third-order valence-corrected chi connectivity index (χ3v) is 5.86. The number of hydrogen-bond donors (Lipinski definition) is 1. The number of aryl methyl sites for hydroxylation is 2. The van der Waals surface area contributed by atoms with E-state index in [4.69, 9.17) is 10.5 Å². The van der Waals surface area contributed by atoms with Gasteiger partial charge in [-0.3, -0.25) is 0 Å². The van der Waals surface area contributed by atoms with Crippen molar-refractivity contribution in [3.8, 4) is 5.75 Å². The predicted molar refractivity (Wildman–Crippen MR) is 82.5 cm³/mol. The molecule has 2 aromatic rings. The van der Waals surface area contributed by atoms with Crippen LogP contribution in [0.2, 0.25) is 0 Å². The van der Waals surface area contributed by atoms with Gasteiger partial charge in [0.15, 0.2) is 4.34 Å². The number of nitrogens with two attached hydrogens (primary N) is 1. The van der Waals surface area contributed by atoms with Gasteiger partial charge >= 0.3 is 0 Å². The van der Waals surface area contributed by atoms with Crippen LogP contribution < -0.4 is 10.5 Å². The van der Waals surface area contributed by atoms with Gasteiger partial charge in [0.05, 0.1) is 7.11 Å². The summed E-state index contributed by atoms with van der Waals surface area (Å²) in [6.45, 7) is 1.97. The van der Waals surface area contributed by atoms with E-state index in [2.05, 4.69) is 22.3 Å². The van der Waals surface area contributed by atoms with Gasteiger partial charge in [-0.1, -0.05) is 29.2 Å². The minimum absolute atomic E-state index is 0.0167. The van der Waals surface area contributed by atoms with Gasteiger partial charge < -0.3 is 10.5 Å². The van der Waals surface area contributed by atoms with Gasteiger partial charge in [0.1, 0.15) is 10.8 Å². The zero-order chi connectivity index (χ0) is 14.1. The quantitative estimate of drug-likeness (QED) is 0.944. The third-order valence-electron chi connectivity index (χ3n) is 3.57. The van der Waals surface area contributed by atoms with Crippen LogP contribution in [-0.4, -0.2) is 22.6 Å². The summed E-state index contributed by atoms with van der Waals surface area (Å²) in [6, 6.07) is 6.22. The number of aromatic nitrogens is 2. The number of hydrogen-bond acceptors (Lipinski definition) is 6. The normalized spacial score (nSPS) is 21.6. The Morgan fingerprint density at radius 3 is 2.95 bits per heavy atom. The molecule has 0 saturated carbocycles. The lowest BCUT2D eigenvalue weighted by atomic mass is 9.87. The molecule has 0 fully saturated rings. The van der Waals surface area contributed by atoms with Crippen LogP contribution >= 0.6 is 23.1 Å². The predicted octanol–water partition coefficient (Wildman–Crippen LogP) is 2.96. The summed E-state index contributed by atoms with van der Waals surface area (Å²) in [6.07, 6.45) is 2.13. The molecule has 6 heteroatoms.